The Morgan fingerprint density at radius 1 is 1.14 bits per heavy atom. The van der Waals surface area contributed by atoms with E-state index in [2.05, 4.69) is 5.32 Å². The molecule has 0 atom stereocenters. The molecule has 5 nitrogen and oxygen atoms in total. The number of carbonyl (C=O) groups excluding carboxylic acids is 2. The molecule has 0 saturated heterocycles. The van der Waals surface area contributed by atoms with Gasteiger partial charge in [-0.25, -0.2) is 0 Å². The van der Waals surface area contributed by atoms with Crippen LogP contribution in [0.15, 0.2) is 36.4 Å². The summed E-state index contributed by atoms with van der Waals surface area (Å²) in [4.78, 5) is 23.2. The second-order valence-electron chi connectivity index (χ2n) is 4.58. The fourth-order valence-electron chi connectivity index (χ4n) is 1.81. The van der Waals surface area contributed by atoms with Gasteiger partial charge in [0.1, 0.15) is 0 Å². The summed E-state index contributed by atoms with van der Waals surface area (Å²) in [5.41, 5.74) is 13.5. The Kier molecular flexibility index (Phi) is 4.14. The molecule has 0 bridgehead atoms. The van der Waals surface area contributed by atoms with Crippen molar-refractivity contribution in [3.63, 3.8) is 0 Å². The molecular formula is C15H14ClN3O2. The highest BCUT2D eigenvalue weighted by atomic mass is 35.5. The van der Waals surface area contributed by atoms with Crippen LogP contribution in [0.25, 0.3) is 0 Å². The van der Waals surface area contributed by atoms with Crippen LogP contribution in [0.1, 0.15) is 26.3 Å². The number of nitrogens with one attached hydrogen (secondary N) is 1. The predicted octanol–water partition coefficient (Wildman–Crippen LogP) is 2.58. The third kappa shape index (κ3) is 3.32. The molecule has 2 aromatic rings. The number of nitrogen functional groups attached to an aromatic ring is 1. The molecule has 0 saturated carbocycles. The van der Waals surface area contributed by atoms with Crippen LogP contribution in [0.5, 0.6) is 0 Å². The number of amides is 2. The number of halogens is 1. The van der Waals surface area contributed by atoms with Crippen LogP contribution in [0.4, 0.5) is 11.4 Å². The maximum atomic E-state index is 12.1. The third-order valence-corrected chi connectivity index (χ3v) is 3.34. The number of aryl methyl sites for hydroxylation is 1. The van der Waals surface area contributed by atoms with E-state index in [4.69, 9.17) is 23.1 Å². The molecule has 0 spiro atoms. The van der Waals surface area contributed by atoms with Crippen molar-refractivity contribution in [3.05, 3.63) is 58.1 Å². The van der Waals surface area contributed by atoms with E-state index < -0.39 is 5.91 Å². The van der Waals surface area contributed by atoms with Crippen LogP contribution >= 0.6 is 11.6 Å². The molecule has 0 unspecified atom stereocenters. The Labute approximate surface area is 126 Å². The number of hydrogen-bond donors (Lipinski definition) is 3. The van der Waals surface area contributed by atoms with E-state index >= 15 is 0 Å². The number of hydrogen-bond acceptors (Lipinski definition) is 3. The van der Waals surface area contributed by atoms with E-state index in [0.717, 1.165) is 5.56 Å². The second kappa shape index (κ2) is 5.85. The largest absolute Gasteiger partial charge is 0.399 e. The molecule has 0 aliphatic carbocycles. The second-order valence-corrected chi connectivity index (χ2v) is 4.99. The van der Waals surface area contributed by atoms with Gasteiger partial charge in [-0.05, 0) is 48.9 Å². The molecule has 0 heterocycles. The number of carbonyl (C=O) groups is 2. The van der Waals surface area contributed by atoms with Gasteiger partial charge in [-0.1, -0.05) is 11.6 Å². The number of primary amides is 1. The lowest BCUT2D eigenvalue weighted by Gasteiger charge is -2.08. The van der Waals surface area contributed by atoms with Gasteiger partial charge < -0.3 is 16.8 Å². The topological polar surface area (TPSA) is 98.2 Å². The van der Waals surface area contributed by atoms with E-state index in [1.54, 1.807) is 24.3 Å². The van der Waals surface area contributed by atoms with Crippen molar-refractivity contribution in [2.45, 2.75) is 6.92 Å². The summed E-state index contributed by atoms with van der Waals surface area (Å²) in [5, 5.41) is 2.88. The van der Waals surface area contributed by atoms with Crippen molar-refractivity contribution in [1.29, 1.82) is 0 Å². The normalized spacial score (nSPS) is 10.2. The fraction of sp³-hybridized carbons (Fsp3) is 0.0667. The summed E-state index contributed by atoms with van der Waals surface area (Å²) in [6.45, 7) is 1.82. The van der Waals surface area contributed by atoms with Gasteiger partial charge in [0.2, 0.25) is 5.91 Å². The molecule has 2 rings (SSSR count). The minimum Gasteiger partial charge on any atom is -0.399 e. The maximum Gasteiger partial charge on any atom is 0.255 e. The monoisotopic (exact) mass is 303 g/mol. The van der Waals surface area contributed by atoms with Crippen molar-refractivity contribution in [1.82, 2.24) is 0 Å². The van der Waals surface area contributed by atoms with E-state index in [9.17, 15) is 9.59 Å². The van der Waals surface area contributed by atoms with Gasteiger partial charge >= 0.3 is 0 Å². The first kappa shape index (κ1) is 14.9. The van der Waals surface area contributed by atoms with Crippen molar-refractivity contribution in [2.24, 2.45) is 5.73 Å². The zero-order valence-electron chi connectivity index (χ0n) is 11.3. The van der Waals surface area contributed by atoms with Crippen molar-refractivity contribution in [3.8, 4) is 0 Å². The van der Waals surface area contributed by atoms with Crippen LogP contribution < -0.4 is 16.8 Å². The van der Waals surface area contributed by atoms with Crippen molar-refractivity contribution in [2.75, 3.05) is 11.1 Å². The van der Waals surface area contributed by atoms with E-state index in [1.807, 2.05) is 6.92 Å². The molecule has 6 heteroatoms. The van der Waals surface area contributed by atoms with Crippen LogP contribution in [-0.2, 0) is 0 Å². The van der Waals surface area contributed by atoms with Crippen LogP contribution in [0, 0.1) is 6.92 Å². The summed E-state index contributed by atoms with van der Waals surface area (Å²) in [5.74, 6) is -0.909. The number of benzene rings is 2. The molecule has 0 aliphatic rings. The predicted molar refractivity (Wildman–Crippen MR) is 83.5 cm³/mol. The zero-order chi connectivity index (χ0) is 15.6. The maximum absolute atomic E-state index is 12.1. The van der Waals surface area contributed by atoms with Gasteiger partial charge in [-0.3, -0.25) is 9.59 Å². The van der Waals surface area contributed by atoms with Gasteiger partial charge in [-0.2, -0.15) is 0 Å². The summed E-state index contributed by atoms with van der Waals surface area (Å²) in [6, 6.07) is 9.51. The first-order chi connectivity index (χ1) is 9.88. The Morgan fingerprint density at radius 3 is 2.43 bits per heavy atom. The lowest BCUT2D eigenvalue weighted by molar-refractivity contribution is 0.0998. The number of anilines is 2. The lowest BCUT2D eigenvalue weighted by Crippen LogP contribution is -2.14. The zero-order valence-corrected chi connectivity index (χ0v) is 12.1. The van der Waals surface area contributed by atoms with Gasteiger partial charge in [0.05, 0.1) is 10.6 Å². The lowest BCUT2D eigenvalue weighted by atomic mass is 10.1. The summed E-state index contributed by atoms with van der Waals surface area (Å²) < 4.78 is 0. The smallest absolute Gasteiger partial charge is 0.255 e. The minimum atomic E-state index is -0.618. The van der Waals surface area contributed by atoms with Crippen LogP contribution in [-0.4, -0.2) is 11.8 Å². The highest BCUT2D eigenvalue weighted by Gasteiger charge is 2.10. The summed E-state index contributed by atoms with van der Waals surface area (Å²) in [7, 11) is 0. The quantitative estimate of drug-likeness (QED) is 0.760. The number of nitrogens with two attached hydrogens (primary N) is 2. The molecule has 21 heavy (non-hydrogen) atoms. The fourth-order valence-corrected chi connectivity index (χ4v) is 2.09. The molecule has 0 fully saturated rings. The highest BCUT2D eigenvalue weighted by Crippen LogP contribution is 2.21. The average molecular weight is 304 g/mol. The minimum absolute atomic E-state index is 0.189. The molecule has 5 N–H and O–H groups in total. The molecule has 0 radical (unpaired) electrons. The third-order valence-electron chi connectivity index (χ3n) is 3.02. The van der Waals surface area contributed by atoms with Gasteiger partial charge in [-0.15, -0.1) is 0 Å². The van der Waals surface area contributed by atoms with E-state index in [0.29, 0.717) is 16.9 Å². The van der Waals surface area contributed by atoms with Gasteiger partial charge in [0.25, 0.3) is 5.91 Å². The Morgan fingerprint density at radius 2 is 1.86 bits per heavy atom. The van der Waals surface area contributed by atoms with Crippen LogP contribution in [0.2, 0.25) is 5.02 Å². The van der Waals surface area contributed by atoms with Crippen LogP contribution in [0.3, 0.4) is 0 Å². The number of rotatable bonds is 3. The molecular weight excluding hydrogens is 290 g/mol. The first-order valence-electron chi connectivity index (χ1n) is 6.15. The standard InChI is InChI=1S/C15H14ClN3O2/c1-8-6-9(2-5-13(8)17)15(21)19-10-3-4-11(14(18)20)12(16)7-10/h2-7H,17H2,1H3,(H2,18,20)(H,19,21). The Bertz CT molecular complexity index is 729. The first-order valence-corrected chi connectivity index (χ1v) is 6.53. The molecule has 0 aromatic heterocycles. The Hall–Kier alpha value is -2.53. The van der Waals surface area contributed by atoms with Crippen molar-refractivity contribution >= 4 is 34.8 Å². The SMILES string of the molecule is Cc1cc(C(=O)Nc2ccc(C(N)=O)c(Cl)c2)ccc1N. The van der Waals surface area contributed by atoms with Crippen molar-refractivity contribution < 1.29 is 9.59 Å². The van der Waals surface area contributed by atoms with E-state index in [-0.39, 0.29) is 16.5 Å². The Balaban J connectivity index is 2.21. The molecule has 108 valence electrons. The van der Waals surface area contributed by atoms with Gasteiger partial charge in [0.15, 0.2) is 0 Å². The van der Waals surface area contributed by atoms with Gasteiger partial charge in [0, 0.05) is 16.9 Å². The molecule has 0 aliphatic heterocycles. The average Bonchev–Trinajstić information content (AvgIpc) is 2.41. The highest BCUT2D eigenvalue weighted by molar-refractivity contribution is 6.34. The van der Waals surface area contributed by atoms with E-state index in [1.165, 1.54) is 12.1 Å². The molecule has 2 aromatic carbocycles. The summed E-state index contributed by atoms with van der Waals surface area (Å²) in [6.07, 6.45) is 0. The summed E-state index contributed by atoms with van der Waals surface area (Å²) >= 11 is 5.93. The molecule has 2 amide bonds.